The van der Waals surface area contributed by atoms with E-state index in [0.29, 0.717) is 16.7 Å². The minimum atomic E-state index is -0.699. The van der Waals surface area contributed by atoms with Crippen molar-refractivity contribution in [1.82, 2.24) is 0 Å². The van der Waals surface area contributed by atoms with Gasteiger partial charge >= 0.3 is 0 Å². The number of fused-ring (bicyclic) bond motifs is 5. The zero-order valence-corrected chi connectivity index (χ0v) is 23.3. The minimum Gasteiger partial charge on any atom is -0.368 e. The van der Waals surface area contributed by atoms with Crippen LogP contribution < -0.4 is 11.5 Å². The zero-order valence-electron chi connectivity index (χ0n) is 22.5. The fourth-order valence-electron chi connectivity index (χ4n) is 9.45. The van der Waals surface area contributed by atoms with Gasteiger partial charge in [0, 0.05) is 5.25 Å². The molecule has 0 saturated heterocycles. The number of rotatable bonds is 8. The summed E-state index contributed by atoms with van der Waals surface area (Å²) in [6.45, 7) is 12.5. The van der Waals surface area contributed by atoms with E-state index < -0.39 is 11.9 Å². The van der Waals surface area contributed by atoms with Crippen molar-refractivity contribution >= 4 is 18.5 Å². The molecule has 193 valence electrons. The average molecular weight is 488 g/mol. The smallest absolute Gasteiger partial charge is 0.235 e. The van der Waals surface area contributed by atoms with Crippen molar-refractivity contribution in [2.75, 3.05) is 0 Å². The molecule has 0 aromatic carbocycles. The number of carbonyl (C=O) groups is 1. The van der Waals surface area contributed by atoms with Crippen LogP contribution in [0.1, 0.15) is 105 Å². The van der Waals surface area contributed by atoms with E-state index in [9.17, 15) is 4.79 Å². The number of hydrogen-bond acceptors (Lipinski definition) is 2. The van der Waals surface area contributed by atoms with Crippen LogP contribution in [0.15, 0.2) is 11.6 Å². The second-order valence-electron chi connectivity index (χ2n) is 13.7. The Balaban J connectivity index is 1.46. The summed E-state index contributed by atoms with van der Waals surface area (Å²) in [5.41, 5.74) is 14.0. The number of amides is 1. The first-order valence-electron chi connectivity index (χ1n) is 14.4. The summed E-state index contributed by atoms with van der Waals surface area (Å²) in [4.78, 5) is 11.6. The monoisotopic (exact) mass is 487 g/mol. The molecule has 5 unspecified atom stereocenters. The van der Waals surface area contributed by atoms with Crippen LogP contribution in [0.2, 0.25) is 0 Å². The third-order valence-electron chi connectivity index (χ3n) is 11.5. The van der Waals surface area contributed by atoms with Gasteiger partial charge in [0.1, 0.15) is 0 Å². The van der Waals surface area contributed by atoms with Gasteiger partial charge in [0.15, 0.2) is 0 Å². The molecule has 3 saturated carbocycles. The van der Waals surface area contributed by atoms with Gasteiger partial charge in [-0.25, -0.2) is 0 Å². The maximum absolute atomic E-state index is 11.6. The summed E-state index contributed by atoms with van der Waals surface area (Å²) in [6.07, 6.45) is 17.1. The van der Waals surface area contributed by atoms with Gasteiger partial charge in [0.05, 0.1) is 6.04 Å². The molecule has 1 amide bonds. The summed E-state index contributed by atoms with van der Waals surface area (Å²) in [5.74, 6) is 5.03. The Morgan fingerprint density at radius 1 is 1.09 bits per heavy atom. The van der Waals surface area contributed by atoms with E-state index in [2.05, 4.69) is 40.7 Å². The predicted molar refractivity (Wildman–Crippen MR) is 145 cm³/mol. The molecule has 4 rings (SSSR count). The Bertz CT molecular complexity index is 780. The SMILES string of the molecule is CC(C)CCC[C@@H](C)[C@H]1CCC2C3CC=C4CC(C([S])[C@H](N)C(N)=O)CC[C@]4(C)C3CC[C@@]21C. The third-order valence-corrected chi connectivity index (χ3v) is 12.2. The highest BCUT2D eigenvalue weighted by Crippen LogP contribution is 2.67. The van der Waals surface area contributed by atoms with Gasteiger partial charge in [-0.2, -0.15) is 0 Å². The van der Waals surface area contributed by atoms with Gasteiger partial charge in [-0.15, -0.1) is 0 Å². The lowest BCUT2D eigenvalue weighted by atomic mass is 9.46. The molecule has 10 atom stereocenters. The molecule has 34 heavy (non-hydrogen) atoms. The van der Waals surface area contributed by atoms with Crippen LogP contribution in [0, 0.1) is 52.3 Å². The second kappa shape index (κ2) is 10.1. The van der Waals surface area contributed by atoms with Crippen LogP contribution in [0.4, 0.5) is 0 Å². The topological polar surface area (TPSA) is 69.1 Å². The molecule has 0 aliphatic heterocycles. The molecule has 4 heteroatoms. The quantitative estimate of drug-likeness (QED) is 0.361. The van der Waals surface area contributed by atoms with Crippen molar-refractivity contribution in [2.24, 2.45) is 63.7 Å². The lowest BCUT2D eigenvalue weighted by Crippen LogP contribution is -2.52. The van der Waals surface area contributed by atoms with Gasteiger partial charge in [-0.3, -0.25) is 4.79 Å². The van der Waals surface area contributed by atoms with E-state index >= 15 is 0 Å². The second-order valence-corrected chi connectivity index (χ2v) is 14.2. The largest absolute Gasteiger partial charge is 0.368 e. The molecule has 3 nitrogen and oxygen atoms in total. The first-order chi connectivity index (χ1) is 16.0. The van der Waals surface area contributed by atoms with Gasteiger partial charge in [-0.05, 0) is 104 Å². The molecule has 4 aliphatic rings. The molecule has 4 aliphatic carbocycles. The average Bonchev–Trinajstić information content (AvgIpc) is 3.14. The van der Waals surface area contributed by atoms with Crippen LogP contribution in [0.5, 0.6) is 0 Å². The fraction of sp³-hybridized carbons (Fsp3) is 0.900. The molecule has 0 heterocycles. The maximum atomic E-state index is 11.6. The van der Waals surface area contributed by atoms with Crippen LogP contribution in [0.25, 0.3) is 0 Å². The molecule has 0 aromatic rings. The number of allylic oxidation sites excluding steroid dienone is 2. The van der Waals surface area contributed by atoms with E-state index in [-0.39, 0.29) is 5.25 Å². The molecular weight excluding hydrogens is 436 g/mol. The number of nitrogens with two attached hydrogens (primary N) is 2. The van der Waals surface area contributed by atoms with Crippen LogP contribution in [-0.2, 0) is 4.79 Å². The first kappa shape index (κ1) is 26.6. The van der Waals surface area contributed by atoms with E-state index in [1.807, 2.05) is 0 Å². The highest BCUT2D eigenvalue weighted by molar-refractivity contribution is 7.81. The Labute approximate surface area is 215 Å². The molecular formula is C30H51N2OS. The highest BCUT2D eigenvalue weighted by atomic mass is 32.1. The van der Waals surface area contributed by atoms with Gasteiger partial charge in [-0.1, -0.05) is 78.2 Å². The lowest BCUT2D eigenvalue weighted by molar-refractivity contribution is -0.119. The lowest BCUT2D eigenvalue weighted by Gasteiger charge is -2.59. The fourth-order valence-corrected chi connectivity index (χ4v) is 9.82. The van der Waals surface area contributed by atoms with E-state index in [0.717, 1.165) is 48.3 Å². The van der Waals surface area contributed by atoms with E-state index in [1.165, 1.54) is 57.8 Å². The van der Waals surface area contributed by atoms with Gasteiger partial charge < -0.3 is 11.5 Å². The van der Waals surface area contributed by atoms with Crippen molar-refractivity contribution in [3.63, 3.8) is 0 Å². The standard InChI is InChI=1S/C30H51N2OS/c1-18(2)7-6-8-19(3)23-11-12-24-22-10-9-21-17-20(27(34)26(31)28(32)33)13-15-29(21,4)25(22)14-16-30(23,24)5/h9,18-20,22-27H,6-8,10-17,31H2,1-5H3,(H2,32,33)/t19-,20?,22?,23-,24?,25?,26+,27?,29+,30-/m1/s1. The van der Waals surface area contributed by atoms with Crippen LogP contribution >= 0.6 is 12.6 Å². The number of hydrogen-bond donors (Lipinski definition) is 2. The maximum Gasteiger partial charge on any atom is 0.235 e. The van der Waals surface area contributed by atoms with E-state index in [4.69, 9.17) is 24.1 Å². The molecule has 1 radical (unpaired) electrons. The molecule has 3 fully saturated rings. The highest BCUT2D eigenvalue weighted by Gasteiger charge is 2.59. The molecule has 4 N–H and O–H groups in total. The van der Waals surface area contributed by atoms with E-state index in [1.54, 1.807) is 5.57 Å². The first-order valence-corrected chi connectivity index (χ1v) is 14.9. The molecule has 0 bridgehead atoms. The summed E-state index contributed by atoms with van der Waals surface area (Å²) in [7, 11) is 0. The Morgan fingerprint density at radius 2 is 1.82 bits per heavy atom. The van der Waals surface area contributed by atoms with Gasteiger partial charge in [0.2, 0.25) is 5.91 Å². The van der Waals surface area contributed by atoms with Crippen molar-refractivity contribution in [3.8, 4) is 0 Å². The number of primary amides is 1. The molecule has 0 spiro atoms. The van der Waals surface area contributed by atoms with Crippen LogP contribution in [0.3, 0.4) is 0 Å². The van der Waals surface area contributed by atoms with Crippen molar-refractivity contribution in [1.29, 1.82) is 0 Å². The normalized spacial score (nSPS) is 42.2. The summed E-state index contributed by atoms with van der Waals surface area (Å²) in [5, 5.41) is -0.247. The minimum absolute atomic E-state index is 0.247. The predicted octanol–water partition coefficient (Wildman–Crippen LogP) is 7.02. The Hall–Kier alpha value is -0.480. The van der Waals surface area contributed by atoms with Crippen LogP contribution in [-0.4, -0.2) is 17.2 Å². The Kier molecular flexibility index (Phi) is 7.91. The summed E-state index contributed by atoms with van der Waals surface area (Å²) < 4.78 is 0. The zero-order chi connectivity index (χ0) is 24.8. The van der Waals surface area contributed by atoms with Crippen molar-refractivity contribution < 1.29 is 4.79 Å². The number of carbonyl (C=O) groups excluding carboxylic acids is 1. The summed E-state index contributed by atoms with van der Waals surface area (Å²) >= 11 is 5.71. The summed E-state index contributed by atoms with van der Waals surface area (Å²) in [6, 6.07) is -0.699. The van der Waals surface area contributed by atoms with Crippen molar-refractivity contribution in [3.05, 3.63) is 11.6 Å². The third kappa shape index (κ3) is 4.64. The molecule has 0 aromatic heterocycles. The Morgan fingerprint density at radius 3 is 2.50 bits per heavy atom. The van der Waals surface area contributed by atoms with Gasteiger partial charge in [0.25, 0.3) is 0 Å². The van der Waals surface area contributed by atoms with Crippen molar-refractivity contribution in [2.45, 2.75) is 117 Å².